The molecule has 1 N–H and O–H groups in total. The molecule has 0 saturated heterocycles. The smallest absolute Gasteiger partial charge is 0.335 e. The molecule has 3 rings (SSSR count). The number of benzene rings is 2. The van der Waals surface area contributed by atoms with E-state index in [1.165, 1.54) is 25.1 Å². The molecule has 0 aromatic heterocycles. The second-order valence-electron chi connectivity index (χ2n) is 6.63. The average Bonchev–Trinajstić information content (AvgIpc) is 2.65. The Balaban J connectivity index is 2.04. The number of amides is 2. The van der Waals surface area contributed by atoms with Crippen LogP contribution < -0.4 is 5.32 Å². The molecule has 0 radical (unpaired) electrons. The van der Waals surface area contributed by atoms with Crippen LogP contribution in [0, 0.1) is 0 Å². The summed E-state index contributed by atoms with van der Waals surface area (Å²) in [4.78, 5) is 25.2. The van der Waals surface area contributed by atoms with E-state index in [1.54, 1.807) is 11.0 Å². The first kappa shape index (κ1) is 19.7. The summed E-state index contributed by atoms with van der Waals surface area (Å²) in [5.41, 5.74) is 2.94. The lowest BCUT2D eigenvalue weighted by Gasteiger charge is -2.30. The number of carbonyl (C=O) groups excluding carboxylic acids is 2. The Labute approximate surface area is 160 Å². The molecule has 0 aliphatic carbocycles. The number of hydrogen-bond acceptors (Lipinski definition) is 2. The highest BCUT2D eigenvalue weighted by Crippen LogP contribution is 2.35. The third-order valence-electron chi connectivity index (χ3n) is 4.68. The average molecular weight is 388 g/mol. The quantitative estimate of drug-likeness (QED) is 0.793. The van der Waals surface area contributed by atoms with Crippen molar-refractivity contribution >= 4 is 17.5 Å². The molecule has 0 unspecified atom stereocenters. The maximum atomic E-state index is 12.8. The van der Waals surface area contributed by atoms with Crippen molar-refractivity contribution in [3.63, 3.8) is 0 Å². The van der Waals surface area contributed by atoms with Crippen LogP contribution in [-0.2, 0) is 28.7 Å². The molecule has 2 amide bonds. The molecule has 4 nitrogen and oxygen atoms in total. The molecular formula is C21H19F3N2O2. The fourth-order valence-electron chi connectivity index (χ4n) is 3.34. The second-order valence-corrected chi connectivity index (χ2v) is 6.63. The molecule has 0 saturated carbocycles. The van der Waals surface area contributed by atoms with Crippen LogP contribution in [0.25, 0.3) is 11.1 Å². The Hall–Kier alpha value is -3.09. The molecule has 2 aromatic carbocycles. The largest absolute Gasteiger partial charge is 0.416 e. The van der Waals surface area contributed by atoms with Gasteiger partial charge in [0.25, 0.3) is 0 Å². The minimum atomic E-state index is -4.40. The fraction of sp³-hybridized carbons (Fsp3) is 0.238. The highest BCUT2D eigenvalue weighted by atomic mass is 19.4. The zero-order valence-electron chi connectivity index (χ0n) is 15.3. The van der Waals surface area contributed by atoms with E-state index in [9.17, 15) is 22.8 Å². The van der Waals surface area contributed by atoms with Gasteiger partial charge in [0.1, 0.15) is 0 Å². The maximum Gasteiger partial charge on any atom is 0.416 e. The first-order chi connectivity index (χ1) is 13.2. The number of nitrogens with one attached hydrogen (secondary N) is 1. The molecule has 0 fully saturated rings. The predicted octanol–water partition coefficient (Wildman–Crippen LogP) is 4.40. The normalized spacial score (nSPS) is 13.6. The number of halogens is 3. The van der Waals surface area contributed by atoms with E-state index in [1.807, 2.05) is 6.07 Å². The van der Waals surface area contributed by atoms with Gasteiger partial charge in [-0.3, -0.25) is 9.59 Å². The summed E-state index contributed by atoms with van der Waals surface area (Å²) in [5.74, 6) is -0.428. The molecule has 146 valence electrons. The van der Waals surface area contributed by atoms with Crippen molar-refractivity contribution in [2.24, 2.45) is 0 Å². The number of anilines is 1. The van der Waals surface area contributed by atoms with E-state index < -0.39 is 11.7 Å². The van der Waals surface area contributed by atoms with Crippen LogP contribution in [0.2, 0.25) is 0 Å². The van der Waals surface area contributed by atoms with E-state index in [2.05, 4.69) is 11.9 Å². The number of alkyl halides is 3. The first-order valence-corrected chi connectivity index (χ1v) is 8.71. The summed E-state index contributed by atoms with van der Waals surface area (Å²) in [6.45, 7) is 5.75. The Bertz CT molecular complexity index is 934. The summed E-state index contributed by atoms with van der Waals surface area (Å²) in [6, 6.07) is 8.47. The van der Waals surface area contributed by atoms with Crippen molar-refractivity contribution in [2.75, 3.05) is 11.9 Å². The summed E-state index contributed by atoms with van der Waals surface area (Å²) >= 11 is 0. The molecule has 1 heterocycles. The lowest BCUT2D eigenvalue weighted by Crippen LogP contribution is -2.35. The highest BCUT2D eigenvalue weighted by Gasteiger charge is 2.30. The summed E-state index contributed by atoms with van der Waals surface area (Å²) in [7, 11) is 0. The van der Waals surface area contributed by atoms with Gasteiger partial charge in [-0.1, -0.05) is 18.7 Å². The standard InChI is InChI=1S/C21H19F3N2O2/c1-3-20(28)26-9-8-18-16(12-26)10-15(11-19(18)25-13(2)27)14-4-6-17(7-5-14)21(22,23)24/h3-7,10-11H,1,8-9,12H2,2H3,(H,25,27). The topological polar surface area (TPSA) is 49.4 Å². The molecule has 2 aromatic rings. The highest BCUT2D eigenvalue weighted by molar-refractivity contribution is 5.92. The summed E-state index contributed by atoms with van der Waals surface area (Å²) in [6.07, 6.45) is -2.58. The van der Waals surface area contributed by atoms with Crippen LogP contribution in [0.3, 0.4) is 0 Å². The lowest BCUT2D eigenvalue weighted by molar-refractivity contribution is -0.137. The van der Waals surface area contributed by atoms with E-state index in [4.69, 9.17) is 0 Å². The minimum Gasteiger partial charge on any atom is -0.335 e. The van der Waals surface area contributed by atoms with Gasteiger partial charge in [0.2, 0.25) is 11.8 Å². The third kappa shape index (κ3) is 4.08. The van der Waals surface area contributed by atoms with Crippen LogP contribution in [0.4, 0.5) is 18.9 Å². The predicted molar refractivity (Wildman–Crippen MR) is 101 cm³/mol. The molecule has 0 spiro atoms. The van der Waals surface area contributed by atoms with E-state index in [0.29, 0.717) is 36.3 Å². The number of fused-ring (bicyclic) bond motifs is 1. The number of nitrogens with zero attached hydrogens (tertiary/aromatic N) is 1. The monoisotopic (exact) mass is 388 g/mol. The van der Waals surface area contributed by atoms with Crippen molar-refractivity contribution in [2.45, 2.75) is 26.1 Å². The Morgan fingerprint density at radius 1 is 1.14 bits per heavy atom. The van der Waals surface area contributed by atoms with Gasteiger partial charge in [-0.15, -0.1) is 0 Å². The van der Waals surface area contributed by atoms with Crippen LogP contribution >= 0.6 is 0 Å². The third-order valence-corrected chi connectivity index (χ3v) is 4.68. The van der Waals surface area contributed by atoms with Crippen molar-refractivity contribution in [1.29, 1.82) is 0 Å². The fourth-order valence-corrected chi connectivity index (χ4v) is 3.34. The molecule has 1 aliphatic rings. The second kappa shape index (κ2) is 7.50. The maximum absolute atomic E-state index is 12.8. The molecule has 1 aliphatic heterocycles. The van der Waals surface area contributed by atoms with Gasteiger partial charge in [-0.25, -0.2) is 0 Å². The van der Waals surface area contributed by atoms with Gasteiger partial charge < -0.3 is 10.2 Å². The van der Waals surface area contributed by atoms with Crippen LogP contribution in [-0.4, -0.2) is 23.3 Å². The number of carbonyl (C=O) groups is 2. The SMILES string of the molecule is C=CC(=O)N1CCc2c(cc(-c3ccc(C(F)(F)F)cc3)cc2NC(C)=O)C1. The lowest BCUT2D eigenvalue weighted by atomic mass is 9.92. The number of hydrogen-bond donors (Lipinski definition) is 1. The molecule has 0 atom stereocenters. The van der Waals surface area contributed by atoms with Crippen molar-refractivity contribution < 1.29 is 22.8 Å². The van der Waals surface area contributed by atoms with Gasteiger partial charge in [-0.05, 0) is 59.0 Å². The van der Waals surface area contributed by atoms with E-state index in [0.717, 1.165) is 23.3 Å². The zero-order valence-corrected chi connectivity index (χ0v) is 15.3. The molecular weight excluding hydrogens is 369 g/mol. The van der Waals surface area contributed by atoms with Crippen LogP contribution in [0.1, 0.15) is 23.6 Å². The summed E-state index contributed by atoms with van der Waals surface area (Å²) in [5, 5.41) is 2.79. The first-order valence-electron chi connectivity index (χ1n) is 8.71. The van der Waals surface area contributed by atoms with Crippen molar-refractivity contribution in [3.05, 3.63) is 65.7 Å². The minimum absolute atomic E-state index is 0.188. The Morgan fingerprint density at radius 3 is 2.39 bits per heavy atom. The van der Waals surface area contributed by atoms with E-state index in [-0.39, 0.29) is 11.8 Å². The molecule has 28 heavy (non-hydrogen) atoms. The van der Waals surface area contributed by atoms with Crippen LogP contribution in [0.15, 0.2) is 49.1 Å². The zero-order chi connectivity index (χ0) is 20.5. The van der Waals surface area contributed by atoms with Gasteiger partial charge in [0.05, 0.1) is 5.56 Å². The Kier molecular flexibility index (Phi) is 5.27. The molecule has 0 bridgehead atoms. The van der Waals surface area contributed by atoms with Crippen molar-refractivity contribution in [1.82, 2.24) is 4.90 Å². The van der Waals surface area contributed by atoms with E-state index >= 15 is 0 Å². The summed E-state index contributed by atoms with van der Waals surface area (Å²) < 4.78 is 38.4. The Morgan fingerprint density at radius 2 is 1.82 bits per heavy atom. The number of rotatable bonds is 3. The van der Waals surface area contributed by atoms with Crippen molar-refractivity contribution in [3.8, 4) is 11.1 Å². The van der Waals surface area contributed by atoms with Gasteiger partial charge in [0, 0.05) is 25.7 Å². The van der Waals surface area contributed by atoms with Gasteiger partial charge >= 0.3 is 6.18 Å². The van der Waals surface area contributed by atoms with Gasteiger partial charge in [-0.2, -0.15) is 13.2 Å². The van der Waals surface area contributed by atoms with Crippen LogP contribution in [0.5, 0.6) is 0 Å². The van der Waals surface area contributed by atoms with Gasteiger partial charge in [0.15, 0.2) is 0 Å². The molecule has 7 heteroatoms.